The highest BCUT2D eigenvalue weighted by atomic mass is 35.5. The number of fused-ring (bicyclic) bond motifs is 1. The Bertz CT molecular complexity index is 533. The zero-order valence-electron chi connectivity index (χ0n) is 10.3. The molecule has 0 unspecified atom stereocenters. The van der Waals surface area contributed by atoms with Crippen molar-refractivity contribution in [3.05, 3.63) is 22.7 Å². The van der Waals surface area contributed by atoms with Gasteiger partial charge in [-0.05, 0) is 12.1 Å². The van der Waals surface area contributed by atoms with Crippen LogP contribution >= 0.6 is 11.6 Å². The van der Waals surface area contributed by atoms with Crippen LogP contribution in [-0.2, 0) is 4.79 Å². The Labute approximate surface area is 115 Å². The van der Waals surface area contributed by atoms with Gasteiger partial charge in [0.1, 0.15) is 13.2 Å². The number of ether oxygens (including phenoxy) is 2. The molecule has 0 fully saturated rings. The maximum Gasteiger partial charge on any atom is 0.254 e. The van der Waals surface area contributed by atoms with E-state index in [0.717, 1.165) is 0 Å². The minimum absolute atomic E-state index is 0.162. The van der Waals surface area contributed by atoms with Crippen LogP contribution < -0.4 is 15.2 Å². The van der Waals surface area contributed by atoms with E-state index in [-0.39, 0.29) is 12.5 Å². The molecule has 2 N–H and O–H groups in total. The van der Waals surface area contributed by atoms with Crippen LogP contribution in [0.4, 0.5) is 0 Å². The van der Waals surface area contributed by atoms with Gasteiger partial charge in [0.25, 0.3) is 5.91 Å². The first-order chi connectivity index (χ1) is 8.99. The van der Waals surface area contributed by atoms with Crippen LogP contribution in [0, 0.1) is 0 Å². The molecule has 1 aromatic carbocycles. The minimum Gasteiger partial charge on any atom is -0.486 e. The van der Waals surface area contributed by atoms with Crippen LogP contribution in [0.5, 0.6) is 11.5 Å². The molecule has 0 saturated carbocycles. The highest BCUT2D eigenvalue weighted by Gasteiger charge is 2.21. The maximum atomic E-state index is 12.1. The normalized spacial score (nSPS) is 12.9. The second-order valence-electron chi connectivity index (χ2n) is 4.11. The Balaban J connectivity index is 2.28. The molecule has 0 atom stereocenters. The molecule has 2 rings (SSSR count). The molecule has 0 radical (unpaired) electrons. The summed E-state index contributed by atoms with van der Waals surface area (Å²) in [6.07, 6.45) is 0. The van der Waals surface area contributed by atoms with Crippen LogP contribution in [0.1, 0.15) is 10.4 Å². The molecule has 102 valence electrons. The van der Waals surface area contributed by atoms with Gasteiger partial charge in [0, 0.05) is 12.6 Å². The molecule has 1 aliphatic heterocycles. The largest absolute Gasteiger partial charge is 0.486 e. The summed E-state index contributed by atoms with van der Waals surface area (Å²) in [5.41, 5.74) is 5.36. The van der Waals surface area contributed by atoms with E-state index in [4.69, 9.17) is 26.8 Å². The Morgan fingerprint density at radius 3 is 2.74 bits per heavy atom. The van der Waals surface area contributed by atoms with Gasteiger partial charge in [-0.15, -0.1) is 0 Å². The molecule has 2 amide bonds. The van der Waals surface area contributed by atoms with E-state index in [1.165, 1.54) is 18.0 Å². The number of carbonyl (C=O) groups is 2. The lowest BCUT2D eigenvalue weighted by atomic mass is 10.1. The van der Waals surface area contributed by atoms with Crippen molar-refractivity contribution in [3.8, 4) is 11.5 Å². The summed E-state index contributed by atoms with van der Waals surface area (Å²) < 4.78 is 10.7. The summed E-state index contributed by atoms with van der Waals surface area (Å²) in [6, 6.07) is 3.02. The van der Waals surface area contributed by atoms with Crippen molar-refractivity contribution in [3.63, 3.8) is 0 Å². The first-order valence-electron chi connectivity index (χ1n) is 5.62. The average molecular weight is 285 g/mol. The zero-order valence-corrected chi connectivity index (χ0v) is 11.1. The fraction of sp³-hybridized carbons (Fsp3) is 0.333. The lowest BCUT2D eigenvalue weighted by molar-refractivity contribution is -0.118. The standard InChI is InChI=1S/C12H13ClN2O4/c1-15(6-10(14)16)12(17)7-4-8(13)11-9(5-7)18-2-3-19-11/h4-5H,2-3,6H2,1H3,(H2,14,16). The number of halogens is 1. The van der Waals surface area contributed by atoms with Crippen molar-refractivity contribution in [2.24, 2.45) is 5.73 Å². The van der Waals surface area contributed by atoms with Gasteiger partial charge < -0.3 is 20.1 Å². The number of carbonyl (C=O) groups excluding carboxylic acids is 2. The Kier molecular flexibility index (Phi) is 3.80. The van der Waals surface area contributed by atoms with Gasteiger partial charge in [-0.2, -0.15) is 0 Å². The fourth-order valence-corrected chi connectivity index (χ4v) is 2.03. The van der Waals surface area contributed by atoms with Crippen LogP contribution in [0.25, 0.3) is 0 Å². The van der Waals surface area contributed by atoms with Crippen LogP contribution in [0.3, 0.4) is 0 Å². The molecular weight excluding hydrogens is 272 g/mol. The molecule has 0 saturated heterocycles. The van der Waals surface area contributed by atoms with Crippen LogP contribution in [0.15, 0.2) is 12.1 Å². The van der Waals surface area contributed by atoms with Crippen molar-refractivity contribution in [2.75, 3.05) is 26.8 Å². The summed E-state index contributed by atoms with van der Waals surface area (Å²) in [5.74, 6) is -0.0891. The SMILES string of the molecule is CN(CC(N)=O)C(=O)c1cc(Cl)c2c(c1)OCCO2. The maximum absolute atomic E-state index is 12.1. The molecule has 1 aliphatic rings. The molecule has 6 nitrogen and oxygen atoms in total. The minimum atomic E-state index is -0.584. The van der Waals surface area contributed by atoms with Crippen LogP contribution in [-0.4, -0.2) is 43.5 Å². The Morgan fingerprint density at radius 1 is 1.37 bits per heavy atom. The molecule has 0 aliphatic carbocycles. The van der Waals surface area contributed by atoms with Gasteiger partial charge in [0.05, 0.1) is 11.6 Å². The summed E-state index contributed by atoms with van der Waals surface area (Å²) in [7, 11) is 1.48. The summed E-state index contributed by atoms with van der Waals surface area (Å²) in [5, 5.41) is 0.299. The van der Waals surface area contributed by atoms with E-state index in [1.54, 1.807) is 6.07 Å². The fourth-order valence-electron chi connectivity index (χ4n) is 1.76. The third kappa shape index (κ3) is 2.90. The Morgan fingerprint density at radius 2 is 2.05 bits per heavy atom. The number of rotatable bonds is 3. The van der Waals surface area contributed by atoms with Crippen molar-refractivity contribution in [1.29, 1.82) is 0 Å². The average Bonchev–Trinajstić information content (AvgIpc) is 2.37. The lowest BCUT2D eigenvalue weighted by Crippen LogP contribution is -2.35. The molecule has 1 heterocycles. The van der Waals surface area contributed by atoms with E-state index >= 15 is 0 Å². The third-order valence-corrected chi connectivity index (χ3v) is 2.86. The van der Waals surface area contributed by atoms with Crippen LogP contribution in [0.2, 0.25) is 5.02 Å². The van der Waals surface area contributed by atoms with E-state index in [2.05, 4.69) is 0 Å². The predicted octanol–water partition coefficient (Wildman–Crippen LogP) is 0.669. The quantitative estimate of drug-likeness (QED) is 0.884. The number of nitrogens with zero attached hydrogens (tertiary/aromatic N) is 1. The second-order valence-corrected chi connectivity index (χ2v) is 4.52. The topological polar surface area (TPSA) is 81.9 Å². The van der Waals surface area contributed by atoms with Crippen molar-refractivity contribution in [1.82, 2.24) is 4.90 Å². The molecule has 19 heavy (non-hydrogen) atoms. The molecule has 7 heteroatoms. The molecular formula is C12H13ClN2O4. The molecule has 0 bridgehead atoms. The smallest absolute Gasteiger partial charge is 0.254 e. The second kappa shape index (κ2) is 5.36. The monoisotopic (exact) mass is 284 g/mol. The third-order valence-electron chi connectivity index (χ3n) is 2.58. The Hall–Kier alpha value is -1.95. The van der Waals surface area contributed by atoms with E-state index < -0.39 is 5.91 Å². The van der Waals surface area contributed by atoms with Crippen molar-refractivity contribution in [2.45, 2.75) is 0 Å². The summed E-state index contributed by atoms with van der Waals surface area (Å²) in [4.78, 5) is 24.1. The number of benzene rings is 1. The zero-order chi connectivity index (χ0) is 14.0. The highest BCUT2D eigenvalue weighted by molar-refractivity contribution is 6.32. The predicted molar refractivity (Wildman–Crippen MR) is 68.6 cm³/mol. The summed E-state index contributed by atoms with van der Waals surface area (Å²) >= 11 is 6.03. The number of hydrogen-bond donors (Lipinski definition) is 1. The van der Waals surface area contributed by atoms with E-state index in [1.807, 2.05) is 0 Å². The number of hydrogen-bond acceptors (Lipinski definition) is 4. The van der Waals surface area contributed by atoms with E-state index in [0.29, 0.717) is 35.3 Å². The van der Waals surface area contributed by atoms with Gasteiger partial charge in [-0.25, -0.2) is 0 Å². The number of primary amides is 1. The summed E-state index contributed by atoms with van der Waals surface area (Å²) in [6.45, 7) is 0.657. The number of amides is 2. The highest BCUT2D eigenvalue weighted by Crippen LogP contribution is 2.38. The first-order valence-corrected chi connectivity index (χ1v) is 5.99. The first kappa shape index (κ1) is 13.5. The van der Waals surface area contributed by atoms with Gasteiger partial charge in [-0.1, -0.05) is 11.6 Å². The van der Waals surface area contributed by atoms with Gasteiger partial charge in [0.15, 0.2) is 11.5 Å². The molecule has 1 aromatic rings. The van der Waals surface area contributed by atoms with Gasteiger partial charge >= 0.3 is 0 Å². The van der Waals surface area contributed by atoms with Gasteiger partial charge in [0.2, 0.25) is 5.91 Å². The molecule has 0 spiro atoms. The number of nitrogens with two attached hydrogens (primary N) is 1. The van der Waals surface area contributed by atoms with E-state index in [9.17, 15) is 9.59 Å². The van der Waals surface area contributed by atoms with Gasteiger partial charge in [-0.3, -0.25) is 9.59 Å². The number of likely N-dealkylation sites (N-methyl/N-ethyl adjacent to an activating group) is 1. The lowest BCUT2D eigenvalue weighted by Gasteiger charge is -2.21. The molecule has 0 aromatic heterocycles. The van der Waals surface area contributed by atoms with Crippen molar-refractivity contribution < 1.29 is 19.1 Å². The van der Waals surface area contributed by atoms with Crippen molar-refractivity contribution >= 4 is 23.4 Å².